The van der Waals surface area contributed by atoms with Crippen LogP contribution in [0.3, 0.4) is 0 Å². The van der Waals surface area contributed by atoms with Gasteiger partial charge in [0.2, 0.25) is 0 Å². The van der Waals surface area contributed by atoms with Crippen LogP contribution in [0.25, 0.3) is 0 Å². The minimum Gasteiger partial charge on any atom is -0.356 e. The predicted octanol–water partition coefficient (Wildman–Crippen LogP) is 3.64. The lowest BCUT2D eigenvalue weighted by atomic mass is 10.1. The van der Waals surface area contributed by atoms with E-state index in [9.17, 15) is 0 Å². The normalized spacial score (nSPS) is 11.1. The lowest BCUT2D eigenvalue weighted by molar-refractivity contribution is 0.741. The second-order valence-corrected chi connectivity index (χ2v) is 6.06. The first-order valence-corrected chi connectivity index (χ1v) is 8.20. The zero-order valence-corrected chi connectivity index (χ0v) is 17.6. The van der Waals surface area contributed by atoms with E-state index < -0.39 is 0 Å². The summed E-state index contributed by atoms with van der Waals surface area (Å²) in [5, 5.41) is 12.1. The fourth-order valence-corrected chi connectivity index (χ4v) is 2.68. The molecule has 0 spiro atoms. The maximum atomic E-state index is 6.17. The molecule has 1 heterocycles. The summed E-state index contributed by atoms with van der Waals surface area (Å²) < 4.78 is 1.78. The highest BCUT2D eigenvalue weighted by Crippen LogP contribution is 2.21. The van der Waals surface area contributed by atoms with E-state index in [4.69, 9.17) is 23.2 Å². The number of hydrogen-bond donors (Lipinski definition) is 2. The molecule has 2 N–H and O–H groups in total. The van der Waals surface area contributed by atoms with Gasteiger partial charge in [-0.2, -0.15) is 5.10 Å². The Bertz CT molecular complexity index is 672. The van der Waals surface area contributed by atoms with Crippen molar-refractivity contribution in [2.75, 3.05) is 13.6 Å². The Labute approximate surface area is 169 Å². The van der Waals surface area contributed by atoms with Crippen molar-refractivity contribution in [3.63, 3.8) is 0 Å². The van der Waals surface area contributed by atoms with Gasteiger partial charge in [0, 0.05) is 49.0 Å². The molecule has 0 aliphatic rings. The van der Waals surface area contributed by atoms with E-state index in [0.717, 1.165) is 41.5 Å². The average molecular weight is 482 g/mol. The van der Waals surface area contributed by atoms with Crippen LogP contribution in [0.5, 0.6) is 0 Å². The van der Waals surface area contributed by atoms with Gasteiger partial charge in [-0.05, 0) is 30.5 Å². The number of nitrogens with zero attached hydrogens (tertiary/aromatic N) is 3. The third-order valence-electron chi connectivity index (χ3n) is 3.37. The third-order valence-corrected chi connectivity index (χ3v) is 3.96. The van der Waals surface area contributed by atoms with Crippen LogP contribution < -0.4 is 10.6 Å². The van der Waals surface area contributed by atoms with Crippen molar-refractivity contribution in [1.29, 1.82) is 0 Å². The lowest BCUT2D eigenvalue weighted by Gasteiger charge is -2.11. The summed E-state index contributed by atoms with van der Waals surface area (Å²) in [5.74, 6) is 0.774. The molecule has 1 aromatic carbocycles. The molecular formula is C16H22Cl2IN5. The van der Waals surface area contributed by atoms with Gasteiger partial charge in [0.25, 0.3) is 0 Å². The van der Waals surface area contributed by atoms with Gasteiger partial charge in [0.15, 0.2) is 5.96 Å². The highest BCUT2D eigenvalue weighted by molar-refractivity contribution is 14.0. The van der Waals surface area contributed by atoms with Gasteiger partial charge in [0.05, 0.1) is 6.20 Å². The summed E-state index contributed by atoms with van der Waals surface area (Å²) in [5.41, 5.74) is 2.22. The molecule has 0 aliphatic heterocycles. The highest BCUT2D eigenvalue weighted by Gasteiger charge is 2.03. The summed E-state index contributed by atoms with van der Waals surface area (Å²) in [6, 6.07) is 5.62. The number of hydrogen-bond acceptors (Lipinski definition) is 2. The molecule has 0 aliphatic carbocycles. The molecule has 0 amide bonds. The second-order valence-electron chi connectivity index (χ2n) is 5.21. The minimum atomic E-state index is 0. The molecule has 0 saturated carbocycles. The SMILES string of the molecule is CN=C(NCCCc1ccc(Cl)cc1Cl)NCc1cnn(C)c1.I. The molecule has 2 aromatic rings. The number of aromatic nitrogens is 2. The Balaban J connectivity index is 0.00000288. The molecule has 0 atom stereocenters. The molecule has 0 fully saturated rings. The van der Waals surface area contributed by atoms with Crippen molar-refractivity contribution in [3.05, 3.63) is 51.8 Å². The van der Waals surface area contributed by atoms with E-state index in [0.29, 0.717) is 11.6 Å². The van der Waals surface area contributed by atoms with Crippen LogP contribution in [0.4, 0.5) is 0 Å². The van der Waals surface area contributed by atoms with Gasteiger partial charge in [-0.15, -0.1) is 24.0 Å². The van der Waals surface area contributed by atoms with Gasteiger partial charge in [0.1, 0.15) is 0 Å². The molecule has 0 bridgehead atoms. The fourth-order valence-electron chi connectivity index (χ4n) is 2.18. The zero-order valence-electron chi connectivity index (χ0n) is 13.7. The molecule has 8 heteroatoms. The number of aryl methyl sites for hydroxylation is 2. The molecule has 0 radical (unpaired) electrons. The number of rotatable bonds is 6. The van der Waals surface area contributed by atoms with Crippen LogP contribution in [-0.4, -0.2) is 29.3 Å². The molecule has 5 nitrogen and oxygen atoms in total. The smallest absolute Gasteiger partial charge is 0.191 e. The van der Waals surface area contributed by atoms with Gasteiger partial charge in [-0.1, -0.05) is 29.3 Å². The van der Waals surface area contributed by atoms with Crippen molar-refractivity contribution < 1.29 is 0 Å². The lowest BCUT2D eigenvalue weighted by Crippen LogP contribution is -2.37. The summed E-state index contributed by atoms with van der Waals surface area (Å²) in [6.45, 7) is 1.50. The Morgan fingerprint density at radius 2 is 2.08 bits per heavy atom. The van der Waals surface area contributed by atoms with Crippen LogP contribution in [-0.2, 0) is 20.0 Å². The maximum Gasteiger partial charge on any atom is 0.191 e. The van der Waals surface area contributed by atoms with Crippen molar-refractivity contribution >= 4 is 53.1 Å². The Morgan fingerprint density at radius 3 is 2.71 bits per heavy atom. The topological polar surface area (TPSA) is 54.2 Å². The van der Waals surface area contributed by atoms with Crippen LogP contribution in [0, 0.1) is 0 Å². The molecule has 0 saturated heterocycles. The highest BCUT2D eigenvalue weighted by atomic mass is 127. The number of nitrogens with one attached hydrogen (secondary N) is 2. The van der Waals surface area contributed by atoms with E-state index in [1.54, 1.807) is 17.8 Å². The quantitative estimate of drug-likeness (QED) is 0.286. The third kappa shape index (κ3) is 6.86. The summed E-state index contributed by atoms with van der Waals surface area (Å²) in [7, 11) is 3.66. The number of benzene rings is 1. The zero-order chi connectivity index (χ0) is 16.7. The summed E-state index contributed by atoms with van der Waals surface area (Å²) >= 11 is 12.1. The van der Waals surface area contributed by atoms with Crippen molar-refractivity contribution in [2.45, 2.75) is 19.4 Å². The van der Waals surface area contributed by atoms with Crippen LogP contribution in [0.2, 0.25) is 10.0 Å². The first kappa shape index (κ1) is 21.1. The van der Waals surface area contributed by atoms with E-state index >= 15 is 0 Å². The number of halogens is 3. The van der Waals surface area contributed by atoms with Crippen molar-refractivity contribution in [2.24, 2.45) is 12.0 Å². The molecule has 0 unspecified atom stereocenters. The second kappa shape index (κ2) is 10.8. The van der Waals surface area contributed by atoms with E-state index in [1.807, 2.05) is 31.6 Å². The summed E-state index contributed by atoms with van der Waals surface area (Å²) in [4.78, 5) is 4.21. The van der Waals surface area contributed by atoms with Crippen molar-refractivity contribution in [1.82, 2.24) is 20.4 Å². The van der Waals surface area contributed by atoms with E-state index in [1.165, 1.54) is 0 Å². The Hall–Kier alpha value is -0.990. The first-order valence-electron chi connectivity index (χ1n) is 7.44. The maximum absolute atomic E-state index is 6.17. The Kier molecular flexibility index (Phi) is 9.46. The molecule has 132 valence electrons. The molecule has 24 heavy (non-hydrogen) atoms. The number of aliphatic imine (C=N–C) groups is 1. The largest absolute Gasteiger partial charge is 0.356 e. The van der Waals surface area contributed by atoms with Gasteiger partial charge < -0.3 is 10.6 Å². The monoisotopic (exact) mass is 481 g/mol. The van der Waals surface area contributed by atoms with Gasteiger partial charge >= 0.3 is 0 Å². The van der Waals surface area contributed by atoms with E-state index in [-0.39, 0.29) is 24.0 Å². The average Bonchev–Trinajstić information content (AvgIpc) is 2.94. The van der Waals surface area contributed by atoms with Gasteiger partial charge in [-0.3, -0.25) is 9.67 Å². The molecule has 1 aromatic heterocycles. The standard InChI is InChI=1S/C16H21Cl2N5.HI/c1-19-16(21-9-12-10-22-23(2)11-12)20-7-3-4-13-5-6-14(17)8-15(13)18;/h5-6,8,10-11H,3-4,7,9H2,1-2H3,(H2,19,20,21);1H. The van der Waals surface area contributed by atoms with Crippen LogP contribution in [0.1, 0.15) is 17.5 Å². The van der Waals surface area contributed by atoms with E-state index in [2.05, 4.69) is 20.7 Å². The minimum absolute atomic E-state index is 0. The van der Waals surface area contributed by atoms with Gasteiger partial charge in [-0.25, -0.2) is 0 Å². The summed E-state index contributed by atoms with van der Waals surface area (Å²) in [6.07, 6.45) is 5.66. The number of guanidine groups is 1. The molecular weight excluding hydrogens is 460 g/mol. The Morgan fingerprint density at radius 1 is 1.29 bits per heavy atom. The first-order chi connectivity index (χ1) is 11.1. The molecule has 2 rings (SSSR count). The van der Waals surface area contributed by atoms with Crippen molar-refractivity contribution in [3.8, 4) is 0 Å². The fraction of sp³-hybridized carbons (Fsp3) is 0.375. The predicted molar refractivity (Wildman–Crippen MR) is 112 cm³/mol. The van der Waals surface area contributed by atoms with Crippen LogP contribution >= 0.6 is 47.2 Å². The van der Waals surface area contributed by atoms with Crippen LogP contribution in [0.15, 0.2) is 35.6 Å².